The van der Waals surface area contributed by atoms with Gasteiger partial charge in [-0.3, -0.25) is 9.59 Å². The SMILES string of the molecule is COc1ccccc1C(=O)N(C(=O)c1ccccc1OC)c1ccccc1Br. The topological polar surface area (TPSA) is 55.8 Å². The van der Waals surface area contributed by atoms with Crippen molar-refractivity contribution in [1.82, 2.24) is 0 Å². The van der Waals surface area contributed by atoms with Crippen molar-refractivity contribution in [2.75, 3.05) is 19.1 Å². The van der Waals surface area contributed by atoms with Gasteiger partial charge in [0.15, 0.2) is 0 Å². The third kappa shape index (κ3) is 3.77. The van der Waals surface area contributed by atoms with Crippen molar-refractivity contribution < 1.29 is 19.1 Å². The number of carbonyl (C=O) groups excluding carboxylic acids is 2. The zero-order chi connectivity index (χ0) is 20.1. The van der Waals surface area contributed by atoms with Gasteiger partial charge in [-0.25, -0.2) is 4.90 Å². The molecule has 0 N–H and O–H groups in total. The quantitative estimate of drug-likeness (QED) is 0.527. The number of hydrogen-bond acceptors (Lipinski definition) is 4. The Kier molecular flexibility index (Phi) is 6.11. The summed E-state index contributed by atoms with van der Waals surface area (Å²) in [5.41, 5.74) is 0.988. The van der Waals surface area contributed by atoms with E-state index in [1.54, 1.807) is 66.7 Å². The molecule has 3 rings (SSSR count). The summed E-state index contributed by atoms with van der Waals surface area (Å²) in [6, 6.07) is 20.6. The molecular weight excluding hydrogens is 422 g/mol. The Bertz CT molecular complexity index is 959. The zero-order valence-electron chi connectivity index (χ0n) is 15.4. The summed E-state index contributed by atoms with van der Waals surface area (Å²) in [6.45, 7) is 0. The second-order valence-electron chi connectivity index (χ2n) is 5.80. The fourth-order valence-corrected chi connectivity index (χ4v) is 3.29. The van der Waals surface area contributed by atoms with E-state index in [0.29, 0.717) is 21.7 Å². The van der Waals surface area contributed by atoms with E-state index in [2.05, 4.69) is 15.9 Å². The first kappa shape index (κ1) is 19.6. The molecule has 0 aromatic heterocycles. The number of para-hydroxylation sites is 3. The molecule has 0 unspecified atom stereocenters. The van der Waals surface area contributed by atoms with Crippen molar-refractivity contribution in [2.45, 2.75) is 0 Å². The number of carbonyl (C=O) groups is 2. The van der Waals surface area contributed by atoms with E-state index in [0.717, 1.165) is 4.90 Å². The number of amides is 2. The first-order valence-corrected chi connectivity index (χ1v) is 9.27. The molecule has 3 aromatic rings. The molecule has 2 amide bonds. The van der Waals surface area contributed by atoms with Crippen molar-refractivity contribution in [2.24, 2.45) is 0 Å². The van der Waals surface area contributed by atoms with Crippen LogP contribution in [-0.4, -0.2) is 26.0 Å². The molecule has 0 saturated carbocycles. The van der Waals surface area contributed by atoms with Gasteiger partial charge in [-0.15, -0.1) is 0 Å². The van der Waals surface area contributed by atoms with E-state index >= 15 is 0 Å². The van der Waals surface area contributed by atoms with Gasteiger partial charge >= 0.3 is 0 Å². The van der Waals surface area contributed by atoms with Gasteiger partial charge in [-0.1, -0.05) is 36.4 Å². The summed E-state index contributed by atoms with van der Waals surface area (Å²) in [5.74, 6) is -0.227. The van der Waals surface area contributed by atoms with Crippen LogP contribution >= 0.6 is 15.9 Å². The summed E-state index contributed by atoms with van der Waals surface area (Å²) in [7, 11) is 2.97. The molecule has 0 heterocycles. The normalized spacial score (nSPS) is 10.2. The monoisotopic (exact) mass is 439 g/mol. The first-order valence-electron chi connectivity index (χ1n) is 8.47. The van der Waals surface area contributed by atoms with Crippen molar-refractivity contribution in [3.63, 3.8) is 0 Å². The lowest BCUT2D eigenvalue weighted by molar-refractivity contribution is 0.0894. The van der Waals surface area contributed by atoms with Crippen molar-refractivity contribution in [1.29, 1.82) is 0 Å². The Morgan fingerprint density at radius 2 is 1.14 bits per heavy atom. The number of halogens is 1. The van der Waals surface area contributed by atoms with Crippen LogP contribution in [0.3, 0.4) is 0 Å². The molecule has 0 spiro atoms. The summed E-state index contributed by atoms with van der Waals surface area (Å²) in [5, 5.41) is 0. The van der Waals surface area contributed by atoms with E-state index in [4.69, 9.17) is 9.47 Å². The standard InChI is InChI=1S/C22H18BrNO4/c1-27-19-13-7-3-9-15(19)21(25)24(18-12-6-5-11-17(18)23)22(26)16-10-4-8-14-20(16)28-2/h3-14H,1-2H3. The highest BCUT2D eigenvalue weighted by Gasteiger charge is 2.30. The summed E-state index contributed by atoms with van der Waals surface area (Å²) < 4.78 is 11.2. The molecule has 0 atom stereocenters. The predicted molar refractivity (Wildman–Crippen MR) is 111 cm³/mol. The number of rotatable bonds is 5. The molecule has 0 fully saturated rings. The molecule has 6 heteroatoms. The number of ether oxygens (including phenoxy) is 2. The lowest BCUT2D eigenvalue weighted by Crippen LogP contribution is -2.37. The van der Waals surface area contributed by atoms with Gasteiger partial charge in [0.25, 0.3) is 11.8 Å². The smallest absolute Gasteiger partial charge is 0.269 e. The average Bonchev–Trinajstić information content (AvgIpc) is 2.74. The van der Waals surface area contributed by atoms with Gasteiger partial charge in [0.1, 0.15) is 11.5 Å². The molecule has 0 aliphatic heterocycles. The molecule has 5 nitrogen and oxygen atoms in total. The second kappa shape index (κ2) is 8.71. The van der Waals surface area contributed by atoms with Crippen LogP contribution in [-0.2, 0) is 0 Å². The van der Waals surface area contributed by atoms with Gasteiger partial charge in [0.2, 0.25) is 0 Å². The molecule has 0 radical (unpaired) electrons. The number of methoxy groups -OCH3 is 2. The predicted octanol–water partition coefficient (Wildman–Crippen LogP) is 4.95. The van der Waals surface area contributed by atoms with Crippen LogP contribution in [0.1, 0.15) is 20.7 Å². The maximum atomic E-state index is 13.5. The molecule has 0 aliphatic rings. The Labute approximate surface area is 171 Å². The summed E-state index contributed by atoms with van der Waals surface area (Å²) >= 11 is 3.44. The summed E-state index contributed by atoms with van der Waals surface area (Å²) in [6.07, 6.45) is 0. The van der Waals surface area contributed by atoms with Crippen LogP contribution in [0.2, 0.25) is 0 Å². The highest BCUT2D eigenvalue weighted by Crippen LogP contribution is 2.32. The highest BCUT2D eigenvalue weighted by atomic mass is 79.9. The van der Waals surface area contributed by atoms with Crippen LogP contribution < -0.4 is 14.4 Å². The molecule has 0 aliphatic carbocycles. The molecule has 3 aromatic carbocycles. The molecule has 142 valence electrons. The maximum absolute atomic E-state index is 13.5. The molecule has 0 bridgehead atoms. The third-order valence-corrected chi connectivity index (χ3v) is 4.84. The Morgan fingerprint density at radius 1 is 0.714 bits per heavy atom. The van der Waals surface area contributed by atoms with Crippen molar-refractivity contribution >= 4 is 33.4 Å². The van der Waals surface area contributed by atoms with E-state index < -0.39 is 11.8 Å². The Balaban J connectivity index is 2.17. The van der Waals surface area contributed by atoms with E-state index in [9.17, 15) is 9.59 Å². The van der Waals surface area contributed by atoms with E-state index in [-0.39, 0.29) is 11.1 Å². The molecule has 28 heavy (non-hydrogen) atoms. The number of hydrogen-bond donors (Lipinski definition) is 0. The van der Waals surface area contributed by atoms with Crippen molar-refractivity contribution in [3.05, 3.63) is 88.4 Å². The Hall–Kier alpha value is -3.12. The number of imide groups is 1. The Morgan fingerprint density at radius 3 is 1.61 bits per heavy atom. The van der Waals surface area contributed by atoms with Gasteiger partial charge in [0, 0.05) is 4.47 Å². The van der Waals surface area contributed by atoms with Gasteiger partial charge in [-0.05, 0) is 52.3 Å². The van der Waals surface area contributed by atoms with Crippen molar-refractivity contribution in [3.8, 4) is 11.5 Å². The average molecular weight is 440 g/mol. The van der Waals surface area contributed by atoms with Crippen LogP contribution in [0.5, 0.6) is 11.5 Å². The first-order chi connectivity index (χ1) is 13.6. The fourth-order valence-electron chi connectivity index (χ4n) is 2.83. The molecular formula is C22H18BrNO4. The lowest BCUT2D eigenvalue weighted by Gasteiger charge is -2.24. The zero-order valence-corrected chi connectivity index (χ0v) is 17.0. The van der Waals surface area contributed by atoms with Gasteiger partial charge < -0.3 is 9.47 Å². The van der Waals surface area contributed by atoms with Gasteiger partial charge in [0.05, 0.1) is 31.0 Å². The summed E-state index contributed by atoms with van der Waals surface area (Å²) in [4.78, 5) is 28.0. The maximum Gasteiger partial charge on any atom is 0.269 e. The minimum atomic E-state index is -0.500. The molecule has 0 saturated heterocycles. The lowest BCUT2D eigenvalue weighted by atomic mass is 10.1. The number of nitrogens with zero attached hydrogens (tertiary/aromatic N) is 1. The highest BCUT2D eigenvalue weighted by molar-refractivity contribution is 9.10. The van der Waals surface area contributed by atoms with Crippen LogP contribution in [0.25, 0.3) is 0 Å². The fraction of sp³-hybridized carbons (Fsp3) is 0.0909. The number of benzene rings is 3. The largest absolute Gasteiger partial charge is 0.496 e. The third-order valence-electron chi connectivity index (χ3n) is 4.17. The minimum absolute atomic E-state index is 0.281. The van der Waals surface area contributed by atoms with Crippen LogP contribution in [0.15, 0.2) is 77.3 Å². The van der Waals surface area contributed by atoms with Crippen LogP contribution in [0, 0.1) is 0 Å². The minimum Gasteiger partial charge on any atom is -0.496 e. The van der Waals surface area contributed by atoms with E-state index in [1.165, 1.54) is 14.2 Å². The van der Waals surface area contributed by atoms with Crippen LogP contribution in [0.4, 0.5) is 5.69 Å². The van der Waals surface area contributed by atoms with Gasteiger partial charge in [-0.2, -0.15) is 0 Å². The second-order valence-corrected chi connectivity index (χ2v) is 6.65. The van der Waals surface area contributed by atoms with E-state index in [1.807, 2.05) is 6.07 Å². The number of anilines is 1.